The second-order valence-electron chi connectivity index (χ2n) is 3.69. The predicted octanol–water partition coefficient (Wildman–Crippen LogP) is 2.11. The Morgan fingerprint density at radius 2 is 2.12 bits per heavy atom. The van der Waals surface area contributed by atoms with E-state index in [0.717, 1.165) is 5.56 Å². The number of benzene rings is 1. The van der Waals surface area contributed by atoms with Crippen LogP contribution in [0.15, 0.2) is 12.1 Å². The molecule has 4 nitrogen and oxygen atoms in total. The molecule has 0 fully saturated rings. The topological polar surface area (TPSA) is 49.8 Å². The summed E-state index contributed by atoms with van der Waals surface area (Å²) in [6.07, 6.45) is 0. The van der Waals surface area contributed by atoms with Crippen molar-refractivity contribution in [2.45, 2.75) is 6.54 Å². The molecule has 1 aromatic carbocycles. The van der Waals surface area contributed by atoms with Crippen LogP contribution in [0.3, 0.4) is 0 Å². The van der Waals surface area contributed by atoms with Gasteiger partial charge >= 0.3 is 5.97 Å². The summed E-state index contributed by atoms with van der Waals surface area (Å²) in [6.45, 7) is 0.573. The van der Waals surface area contributed by atoms with E-state index in [1.54, 1.807) is 6.07 Å². The molecule has 0 saturated carbocycles. The number of nitrogens with zero attached hydrogens (tertiary/aromatic N) is 1. The van der Waals surface area contributed by atoms with Crippen LogP contribution in [0.2, 0.25) is 5.02 Å². The van der Waals surface area contributed by atoms with E-state index in [2.05, 4.69) is 0 Å². The zero-order chi connectivity index (χ0) is 12.3. The highest BCUT2D eigenvalue weighted by Gasteiger charge is 2.16. The number of rotatable bonds is 4. The average Bonchev–Trinajstić information content (AvgIpc) is 2.15. The Balaban J connectivity index is 3.30. The van der Waals surface area contributed by atoms with Crippen LogP contribution in [0.5, 0.6) is 5.75 Å². The number of carboxylic acids is 1. The van der Waals surface area contributed by atoms with Gasteiger partial charge in [0.25, 0.3) is 0 Å². The fraction of sp³-hybridized carbons (Fsp3) is 0.364. The van der Waals surface area contributed by atoms with Crippen molar-refractivity contribution in [2.24, 2.45) is 0 Å². The third-order valence-corrected chi connectivity index (χ3v) is 2.27. The standard InChI is InChI=1S/C11H14ClNO3/c1-13(2)6-7-4-8(12)5-9(11(14)15)10(7)16-3/h4-5H,6H2,1-3H3,(H,14,15). The van der Waals surface area contributed by atoms with Gasteiger partial charge in [0.2, 0.25) is 0 Å². The largest absolute Gasteiger partial charge is 0.496 e. The van der Waals surface area contributed by atoms with Crippen molar-refractivity contribution >= 4 is 17.6 Å². The molecule has 1 rings (SSSR count). The quantitative estimate of drug-likeness (QED) is 0.880. The lowest BCUT2D eigenvalue weighted by molar-refractivity contribution is 0.0693. The average molecular weight is 244 g/mol. The van der Waals surface area contributed by atoms with Crippen molar-refractivity contribution in [3.63, 3.8) is 0 Å². The lowest BCUT2D eigenvalue weighted by Crippen LogP contribution is -2.13. The molecule has 0 bridgehead atoms. The zero-order valence-electron chi connectivity index (χ0n) is 9.45. The molecule has 0 aliphatic carbocycles. The van der Waals surface area contributed by atoms with E-state index in [1.165, 1.54) is 13.2 Å². The first-order valence-electron chi connectivity index (χ1n) is 4.70. The molecule has 0 unspecified atom stereocenters. The van der Waals surface area contributed by atoms with Crippen molar-refractivity contribution in [1.82, 2.24) is 4.90 Å². The van der Waals surface area contributed by atoms with Gasteiger partial charge in [-0.2, -0.15) is 0 Å². The second kappa shape index (κ2) is 5.18. The van der Waals surface area contributed by atoms with Crippen LogP contribution in [0.25, 0.3) is 0 Å². The molecule has 0 aliphatic heterocycles. The van der Waals surface area contributed by atoms with Gasteiger partial charge in [-0.15, -0.1) is 0 Å². The maximum absolute atomic E-state index is 11.0. The Morgan fingerprint density at radius 3 is 2.56 bits per heavy atom. The van der Waals surface area contributed by atoms with E-state index in [4.69, 9.17) is 21.4 Å². The first kappa shape index (κ1) is 12.8. The van der Waals surface area contributed by atoms with Gasteiger partial charge in [0.15, 0.2) is 0 Å². The van der Waals surface area contributed by atoms with Crippen LogP contribution in [0, 0.1) is 0 Å². The monoisotopic (exact) mass is 243 g/mol. The molecule has 0 spiro atoms. The Hall–Kier alpha value is -1.26. The summed E-state index contributed by atoms with van der Waals surface area (Å²) in [4.78, 5) is 12.9. The Kier molecular flexibility index (Phi) is 4.15. The minimum atomic E-state index is -1.04. The highest BCUT2D eigenvalue weighted by Crippen LogP contribution is 2.29. The van der Waals surface area contributed by atoms with E-state index in [0.29, 0.717) is 17.3 Å². The highest BCUT2D eigenvalue weighted by molar-refractivity contribution is 6.31. The number of hydrogen-bond donors (Lipinski definition) is 1. The molecule has 0 atom stereocenters. The SMILES string of the molecule is COc1c(CN(C)C)cc(Cl)cc1C(=O)O. The normalized spacial score (nSPS) is 10.6. The molecule has 0 heterocycles. The van der Waals surface area contributed by atoms with E-state index in [9.17, 15) is 4.79 Å². The van der Waals surface area contributed by atoms with Gasteiger partial charge in [-0.3, -0.25) is 0 Å². The van der Waals surface area contributed by atoms with E-state index in [-0.39, 0.29) is 5.56 Å². The first-order chi connectivity index (χ1) is 7.45. The number of carbonyl (C=O) groups is 1. The van der Waals surface area contributed by atoms with E-state index < -0.39 is 5.97 Å². The van der Waals surface area contributed by atoms with Gasteiger partial charge < -0.3 is 14.7 Å². The van der Waals surface area contributed by atoms with Crippen LogP contribution in [-0.2, 0) is 6.54 Å². The van der Waals surface area contributed by atoms with Gasteiger partial charge in [0.05, 0.1) is 7.11 Å². The summed E-state index contributed by atoms with van der Waals surface area (Å²) in [5.41, 5.74) is 0.851. The van der Waals surface area contributed by atoms with Crippen LogP contribution >= 0.6 is 11.6 Å². The Labute approximate surface area is 99.4 Å². The predicted molar refractivity (Wildman–Crippen MR) is 62.4 cm³/mol. The second-order valence-corrected chi connectivity index (χ2v) is 4.13. The summed E-state index contributed by atoms with van der Waals surface area (Å²) in [5.74, 6) is -0.676. The third-order valence-electron chi connectivity index (χ3n) is 2.05. The Morgan fingerprint density at radius 1 is 1.50 bits per heavy atom. The molecule has 0 saturated heterocycles. The number of methoxy groups -OCH3 is 1. The Bertz CT molecular complexity index is 404. The summed E-state index contributed by atoms with van der Waals surface area (Å²) in [6, 6.07) is 3.11. The molecule has 0 amide bonds. The number of carboxylic acid groups (broad SMARTS) is 1. The van der Waals surface area contributed by atoms with Gasteiger partial charge in [-0.1, -0.05) is 11.6 Å². The highest BCUT2D eigenvalue weighted by atomic mass is 35.5. The van der Waals surface area contributed by atoms with E-state index in [1.807, 2.05) is 19.0 Å². The lowest BCUT2D eigenvalue weighted by Gasteiger charge is -2.15. The molecular formula is C11H14ClNO3. The summed E-state index contributed by atoms with van der Waals surface area (Å²) in [7, 11) is 5.23. The van der Waals surface area contributed by atoms with Crippen LogP contribution < -0.4 is 4.74 Å². The summed E-state index contributed by atoms with van der Waals surface area (Å²) < 4.78 is 5.13. The van der Waals surface area contributed by atoms with Crippen molar-refractivity contribution in [3.8, 4) is 5.75 Å². The molecule has 0 aromatic heterocycles. The number of aromatic carboxylic acids is 1. The van der Waals surface area contributed by atoms with Gasteiger partial charge in [0, 0.05) is 17.1 Å². The van der Waals surface area contributed by atoms with Gasteiger partial charge in [0.1, 0.15) is 11.3 Å². The van der Waals surface area contributed by atoms with Crippen molar-refractivity contribution < 1.29 is 14.6 Å². The zero-order valence-corrected chi connectivity index (χ0v) is 10.2. The first-order valence-corrected chi connectivity index (χ1v) is 5.08. The van der Waals surface area contributed by atoms with Gasteiger partial charge in [-0.05, 0) is 26.2 Å². The van der Waals surface area contributed by atoms with E-state index >= 15 is 0 Å². The molecular weight excluding hydrogens is 230 g/mol. The van der Waals surface area contributed by atoms with Crippen LogP contribution in [0.4, 0.5) is 0 Å². The molecule has 5 heteroatoms. The maximum Gasteiger partial charge on any atom is 0.339 e. The van der Waals surface area contributed by atoms with Crippen LogP contribution in [0.1, 0.15) is 15.9 Å². The fourth-order valence-electron chi connectivity index (χ4n) is 1.51. The van der Waals surface area contributed by atoms with Crippen molar-refractivity contribution in [1.29, 1.82) is 0 Å². The number of ether oxygens (including phenoxy) is 1. The molecule has 88 valence electrons. The molecule has 16 heavy (non-hydrogen) atoms. The smallest absolute Gasteiger partial charge is 0.339 e. The fourth-order valence-corrected chi connectivity index (χ4v) is 1.75. The summed E-state index contributed by atoms with van der Waals surface area (Å²) >= 11 is 5.87. The van der Waals surface area contributed by atoms with Crippen molar-refractivity contribution in [2.75, 3.05) is 21.2 Å². The lowest BCUT2D eigenvalue weighted by atomic mass is 10.1. The number of hydrogen-bond acceptors (Lipinski definition) is 3. The minimum absolute atomic E-state index is 0.0897. The minimum Gasteiger partial charge on any atom is -0.496 e. The van der Waals surface area contributed by atoms with Crippen LogP contribution in [-0.4, -0.2) is 37.2 Å². The van der Waals surface area contributed by atoms with Crippen molar-refractivity contribution in [3.05, 3.63) is 28.3 Å². The molecule has 1 aromatic rings. The summed E-state index contributed by atoms with van der Waals surface area (Å²) in [5, 5.41) is 9.43. The molecule has 0 aliphatic rings. The van der Waals surface area contributed by atoms with Gasteiger partial charge in [-0.25, -0.2) is 4.79 Å². The third kappa shape index (κ3) is 2.87. The molecule has 1 N–H and O–H groups in total. The maximum atomic E-state index is 11.0. The number of halogens is 1. The molecule has 0 radical (unpaired) electrons.